The number of hydrogen-bond donors (Lipinski definition) is 1. The fourth-order valence-electron chi connectivity index (χ4n) is 1.61. The first-order valence-electron chi connectivity index (χ1n) is 5.64. The Hall–Kier alpha value is -0.540. The number of aryl methyl sites for hydroxylation is 1. The van der Waals surface area contributed by atoms with Crippen LogP contribution in [0.3, 0.4) is 0 Å². The zero-order chi connectivity index (χ0) is 12.0. The lowest BCUT2D eigenvalue weighted by Gasteiger charge is -2.16. The molecular formula is C13H20FNS. The third-order valence-electron chi connectivity index (χ3n) is 2.75. The first-order chi connectivity index (χ1) is 7.67. The van der Waals surface area contributed by atoms with Crippen molar-refractivity contribution in [3.8, 4) is 0 Å². The van der Waals surface area contributed by atoms with Crippen LogP contribution >= 0.6 is 11.8 Å². The van der Waals surface area contributed by atoms with Crippen LogP contribution in [0.1, 0.15) is 24.5 Å². The predicted molar refractivity (Wildman–Crippen MR) is 70.4 cm³/mol. The monoisotopic (exact) mass is 241 g/mol. The van der Waals surface area contributed by atoms with E-state index in [2.05, 4.69) is 18.5 Å². The van der Waals surface area contributed by atoms with E-state index in [1.165, 1.54) is 6.07 Å². The molecule has 0 saturated heterocycles. The van der Waals surface area contributed by atoms with E-state index < -0.39 is 0 Å². The molecule has 1 atom stereocenters. The van der Waals surface area contributed by atoms with Crippen molar-refractivity contribution in [1.82, 2.24) is 5.32 Å². The standard InChI is InChI=1S/C13H20FNS/c1-4-13(9-16-3)15-8-11-7-12(14)6-5-10(11)2/h5-7,13,15H,4,8-9H2,1-3H3. The van der Waals surface area contributed by atoms with Gasteiger partial charge in [-0.2, -0.15) is 11.8 Å². The molecule has 16 heavy (non-hydrogen) atoms. The van der Waals surface area contributed by atoms with E-state index in [4.69, 9.17) is 0 Å². The quantitative estimate of drug-likeness (QED) is 0.819. The zero-order valence-corrected chi connectivity index (χ0v) is 11.0. The van der Waals surface area contributed by atoms with Gasteiger partial charge in [0.1, 0.15) is 5.82 Å². The Bertz CT molecular complexity index is 328. The van der Waals surface area contributed by atoms with Crippen molar-refractivity contribution in [2.24, 2.45) is 0 Å². The number of benzene rings is 1. The lowest BCUT2D eigenvalue weighted by molar-refractivity contribution is 0.537. The van der Waals surface area contributed by atoms with Gasteiger partial charge in [0.2, 0.25) is 0 Å². The molecule has 0 aliphatic rings. The van der Waals surface area contributed by atoms with E-state index in [0.717, 1.165) is 29.8 Å². The van der Waals surface area contributed by atoms with Crippen LogP contribution in [0.4, 0.5) is 4.39 Å². The Labute approximate surface area is 102 Å². The maximum absolute atomic E-state index is 13.1. The first kappa shape index (κ1) is 13.5. The Morgan fingerprint density at radius 1 is 1.44 bits per heavy atom. The Kier molecular flexibility index (Phi) is 5.85. The normalized spacial score (nSPS) is 12.8. The van der Waals surface area contributed by atoms with Crippen LogP contribution in [-0.2, 0) is 6.54 Å². The lowest BCUT2D eigenvalue weighted by atomic mass is 10.1. The van der Waals surface area contributed by atoms with Crippen LogP contribution in [-0.4, -0.2) is 18.1 Å². The predicted octanol–water partition coefficient (Wildman–Crippen LogP) is 3.37. The van der Waals surface area contributed by atoms with Gasteiger partial charge in [0.25, 0.3) is 0 Å². The van der Waals surface area contributed by atoms with E-state index >= 15 is 0 Å². The van der Waals surface area contributed by atoms with E-state index in [0.29, 0.717) is 6.04 Å². The van der Waals surface area contributed by atoms with Crippen LogP contribution < -0.4 is 5.32 Å². The Balaban J connectivity index is 2.55. The summed E-state index contributed by atoms with van der Waals surface area (Å²) in [5, 5.41) is 3.47. The van der Waals surface area contributed by atoms with Gasteiger partial charge in [-0.15, -0.1) is 0 Å². The van der Waals surface area contributed by atoms with E-state index in [-0.39, 0.29) is 5.82 Å². The Morgan fingerprint density at radius 3 is 2.81 bits per heavy atom. The van der Waals surface area contributed by atoms with Crippen LogP contribution in [0, 0.1) is 12.7 Å². The molecule has 1 aromatic carbocycles. The number of nitrogens with one attached hydrogen (secondary N) is 1. The summed E-state index contributed by atoms with van der Waals surface area (Å²) in [7, 11) is 0. The average Bonchev–Trinajstić information content (AvgIpc) is 2.28. The van der Waals surface area contributed by atoms with Gasteiger partial charge in [0.05, 0.1) is 0 Å². The molecule has 1 unspecified atom stereocenters. The molecule has 0 saturated carbocycles. The summed E-state index contributed by atoms with van der Waals surface area (Å²) < 4.78 is 13.1. The summed E-state index contributed by atoms with van der Waals surface area (Å²) in [5.41, 5.74) is 2.20. The van der Waals surface area contributed by atoms with E-state index in [1.54, 1.807) is 6.07 Å². The van der Waals surface area contributed by atoms with Gasteiger partial charge in [-0.1, -0.05) is 13.0 Å². The SMILES string of the molecule is CCC(CSC)NCc1cc(F)ccc1C. The lowest BCUT2D eigenvalue weighted by Crippen LogP contribution is -2.30. The van der Waals surface area contributed by atoms with Crippen molar-refractivity contribution >= 4 is 11.8 Å². The summed E-state index contributed by atoms with van der Waals surface area (Å²) in [6, 6.07) is 5.48. The first-order valence-corrected chi connectivity index (χ1v) is 7.04. The second-order valence-corrected chi connectivity index (χ2v) is 4.92. The van der Waals surface area contributed by atoms with Gasteiger partial charge in [-0.05, 0) is 42.9 Å². The third kappa shape index (κ3) is 4.14. The smallest absolute Gasteiger partial charge is 0.123 e. The molecule has 0 spiro atoms. The van der Waals surface area contributed by atoms with Gasteiger partial charge in [0.15, 0.2) is 0 Å². The number of halogens is 1. The molecule has 1 N–H and O–H groups in total. The van der Waals surface area contributed by atoms with Crippen molar-refractivity contribution in [1.29, 1.82) is 0 Å². The molecule has 1 nitrogen and oxygen atoms in total. The number of rotatable bonds is 6. The van der Waals surface area contributed by atoms with Crippen LogP contribution in [0.25, 0.3) is 0 Å². The minimum absolute atomic E-state index is 0.152. The molecule has 90 valence electrons. The molecule has 0 fully saturated rings. The van der Waals surface area contributed by atoms with Crippen molar-refractivity contribution in [2.45, 2.75) is 32.9 Å². The van der Waals surface area contributed by atoms with E-state index in [1.807, 2.05) is 24.8 Å². The molecular weight excluding hydrogens is 221 g/mol. The van der Waals surface area contributed by atoms with Crippen LogP contribution in [0.15, 0.2) is 18.2 Å². The summed E-state index contributed by atoms with van der Waals surface area (Å²) in [4.78, 5) is 0. The fraction of sp³-hybridized carbons (Fsp3) is 0.538. The Morgan fingerprint density at radius 2 is 2.19 bits per heavy atom. The molecule has 0 aliphatic carbocycles. The summed E-state index contributed by atoms with van der Waals surface area (Å²) in [6.07, 6.45) is 3.22. The molecule has 0 bridgehead atoms. The largest absolute Gasteiger partial charge is 0.309 e. The molecule has 1 rings (SSSR count). The highest BCUT2D eigenvalue weighted by Gasteiger charge is 2.06. The number of thioether (sulfide) groups is 1. The molecule has 3 heteroatoms. The minimum atomic E-state index is -0.152. The maximum atomic E-state index is 13.1. The highest BCUT2D eigenvalue weighted by atomic mass is 32.2. The fourth-order valence-corrected chi connectivity index (χ4v) is 2.36. The highest BCUT2D eigenvalue weighted by Crippen LogP contribution is 2.11. The summed E-state index contributed by atoms with van der Waals surface area (Å²) >= 11 is 1.84. The maximum Gasteiger partial charge on any atom is 0.123 e. The van der Waals surface area contributed by atoms with Crippen LogP contribution in [0.2, 0.25) is 0 Å². The van der Waals surface area contributed by atoms with Crippen molar-refractivity contribution in [3.63, 3.8) is 0 Å². The molecule has 0 aromatic heterocycles. The molecule has 0 aliphatic heterocycles. The van der Waals surface area contributed by atoms with E-state index in [9.17, 15) is 4.39 Å². The second-order valence-electron chi connectivity index (χ2n) is 4.01. The zero-order valence-electron chi connectivity index (χ0n) is 10.2. The van der Waals surface area contributed by atoms with Gasteiger partial charge in [-0.25, -0.2) is 4.39 Å². The molecule has 1 aromatic rings. The van der Waals surface area contributed by atoms with Gasteiger partial charge >= 0.3 is 0 Å². The summed E-state index contributed by atoms with van der Waals surface area (Å²) in [5.74, 6) is 0.950. The second kappa shape index (κ2) is 6.92. The molecule has 0 radical (unpaired) electrons. The third-order valence-corrected chi connectivity index (χ3v) is 3.49. The van der Waals surface area contributed by atoms with Crippen LogP contribution in [0.5, 0.6) is 0 Å². The minimum Gasteiger partial charge on any atom is -0.309 e. The molecule has 0 amide bonds. The number of hydrogen-bond acceptors (Lipinski definition) is 2. The van der Waals surface area contributed by atoms with Crippen molar-refractivity contribution in [2.75, 3.05) is 12.0 Å². The molecule has 0 heterocycles. The van der Waals surface area contributed by atoms with Gasteiger partial charge < -0.3 is 5.32 Å². The van der Waals surface area contributed by atoms with Crippen molar-refractivity contribution in [3.05, 3.63) is 35.1 Å². The van der Waals surface area contributed by atoms with Gasteiger partial charge in [-0.3, -0.25) is 0 Å². The van der Waals surface area contributed by atoms with Gasteiger partial charge in [0, 0.05) is 18.3 Å². The highest BCUT2D eigenvalue weighted by molar-refractivity contribution is 7.98. The average molecular weight is 241 g/mol. The van der Waals surface area contributed by atoms with Crippen molar-refractivity contribution < 1.29 is 4.39 Å². The topological polar surface area (TPSA) is 12.0 Å². The summed E-state index contributed by atoms with van der Waals surface area (Å²) in [6.45, 7) is 4.95.